The normalized spacial score (nSPS) is 12.5. The number of non-ortho nitro benzene ring substituents is 1. The Kier molecular flexibility index (Phi) is 7.45. The molecule has 7 heteroatoms. The van der Waals surface area contributed by atoms with Gasteiger partial charge in [-0.05, 0) is 37.0 Å². The zero-order valence-electron chi connectivity index (χ0n) is 16.1. The van der Waals surface area contributed by atoms with Crippen LogP contribution in [-0.4, -0.2) is 25.4 Å². The maximum Gasteiger partial charge on any atom is 0.269 e. The van der Waals surface area contributed by atoms with E-state index in [-0.39, 0.29) is 22.8 Å². The lowest BCUT2D eigenvalue weighted by Crippen LogP contribution is -2.19. The van der Waals surface area contributed by atoms with Crippen molar-refractivity contribution in [1.82, 2.24) is 0 Å². The highest BCUT2D eigenvalue weighted by Crippen LogP contribution is 2.27. The third kappa shape index (κ3) is 5.73. The minimum atomic E-state index is -3.76. The smallest absolute Gasteiger partial charge is 0.269 e. The van der Waals surface area contributed by atoms with Crippen LogP contribution < -0.4 is 0 Å². The fourth-order valence-corrected chi connectivity index (χ4v) is 4.87. The van der Waals surface area contributed by atoms with E-state index < -0.39 is 20.7 Å². The van der Waals surface area contributed by atoms with E-state index in [0.717, 1.165) is 24.0 Å². The monoisotopic (exact) mass is 403 g/mol. The third-order valence-electron chi connectivity index (χ3n) is 4.66. The lowest BCUT2D eigenvalue weighted by Gasteiger charge is -2.14. The van der Waals surface area contributed by atoms with Crippen molar-refractivity contribution in [3.63, 3.8) is 0 Å². The first kappa shape index (κ1) is 21.8. The Morgan fingerprint density at radius 1 is 1.14 bits per heavy atom. The van der Waals surface area contributed by atoms with Gasteiger partial charge in [0.15, 0.2) is 9.84 Å². The summed E-state index contributed by atoms with van der Waals surface area (Å²) in [7, 11) is -3.76. The van der Waals surface area contributed by atoms with E-state index in [9.17, 15) is 23.3 Å². The predicted octanol–water partition coefficient (Wildman–Crippen LogP) is 4.27. The first-order chi connectivity index (χ1) is 13.3. The molecule has 28 heavy (non-hydrogen) atoms. The molecule has 2 aromatic carbocycles. The number of nitro groups is 1. The SMILES string of the molecule is CCCCC(C=O)CS(=O)(=O)c1ccc([N+](=O)[O-])cc1Cc1ccc(C)cc1. The van der Waals surface area contributed by atoms with Crippen LogP contribution in [0.3, 0.4) is 0 Å². The van der Waals surface area contributed by atoms with Crippen molar-refractivity contribution in [3.05, 3.63) is 69.3 Å². The van der Waals surface area contributed by atoms with Crippen molar-refractivity contribution in [2.24, 2.45) is 5.92 Å². The summed E-state index contributed by atoms with van der Waals surface area (Å²) < 4.78 is 26.0. The maximum atomic E-state index is 13.0. The average Bonchev–Trinajstić information content (AvgIpc) is 2.66. The molecule has 1 atom stereocenters. The number of hydrogen-bond acceptors (Lipinski definition) is 5. The van der Waals surface area contributed by atoms with Crippen LogP contribution in [0.4, 0.5) is 5.69 Å². The van der Waals surface area contributed by atoms with Gasteiger partial charge in [0.1, 0.15) is 6.29 Å². The molecule has 0 N–H and O–H groups in total. The highest BCUT2D eigenvalue weighted by Gasteiger charge is 2.25. The number of aryl methyl sites for hydroxylation is 1. The highest BCUT2D eigenvalue weighted by molar-refractivity contribution is 7.91. The average molecular weight is 404 g/mol. The van der Waals surface area contributed by atoms with Crippen molar-refractivity contribution < 1.29 is 18.1 Å². The third-order valence-corrected chi connectivity index (χ3v) is 6.59. The molecule has 0 aliphatic heterocycles. The summed E-state index contributed by atoms with van der Waals surface area (Å²) in [6.45, 7) is 3.93. The number of benzene rings is 2. The van der Waals surface area contributed by atoms with Crippen molar-refractivity contribution in [2.45, 2.75) is 44.4 Å². The topological polar surface area (TPSA) is 94.3 Å². The Labute approximate surface area is 165 Å². The fourth-order valence-electron chi connectivity index (χ4n) is 3.08. The number of carbonyl (C=O) groups is 1. The molecule has 0 bridgehead atoms. The van der Waals surface area contributed by atoms with Crippen LogP contribution in [0.5, 0.6) is 0 Å². The second-order valence-corrected chi connectivity index (χ2v) is 9.03. The van der Waals surface area contributed by atoms with Gasteiger partial charge >= 0.3 is 0 Å². The second-order valence-electron chi connectivity index (χ2n) is 7.03. The first-order valence-corrected chi connectivity index (χ1v) is 10.9. The van der Waals surface area contributed by atoms with Crippen molar-refractivity contribution in [1.29, 1.82) is 0 Å². The van der Waals surface area contributed by atoms with Crippen molar-refractivity contribution >= 4 is 21.8 Å². The minimum absolute atomic E-state index is 0.0574. The molecule has 150 valence electrons. The first-order valence-electron chi connectivity index (χ1n) is 9.27. The number of hydrogen-bond donors (Lipinski definition) is 0. The molecular weight excluding hydrogens is 378 g/mol. The predicted molar refractivity (Wildman–Crippen MR) is 108 cm³/mol. The quantitative estimate of drug-likeness (QED) is 0.335. The van der Waals surface area contributed by atoms with Gasteiger partial charge in [-0.3, -0.25) is 10.1 Å². The van der Waals surface area contributed by atoms with E-state index in [4.69, 9.17) is 0 Å². The van der Waals surface area contributed by atoms with Gasteiger partial charge in [-0.15, -0.1) is 0 Å². The van der Waals surface area contributed by atoms with Gasteiger partial charge in [0, 0.05) is 18.1 Å². The molecule has 2 aromatic rings. The molecule has 0 aliphatic rings. The second kappa shape index (κ2) is 9.59. The number of carbonyl (C=O) groups excluding carboxylic acids is 1. The van der Waals surface area contributed by atoms with Crippen LogP contribution in [0.25, 0.3) is 0 Å². The van der Waals surface area contributed by atoms with Gasteiger partial charge < -0.3 is 4.79 Å². The van der Waals surface area contributed by atoms with E-state index >= 15 is 0 Å². The van der Waals surface area contributed by atoms with Gasteiger partial charge in [-0.1, -0.05) is 49.6 Å². The number of aldehydes is 1. The summed E-state index contributed by atoms with van der Waals surface area (Å²) in [4.78, 5) is 22.0. The molecule has 2 rings (SSSR count). The Bertz CT molecular complexity index is 936. The summed E-state index contributed by atoms with van der Waals surface area (Å²) in [5, 5.41) is 11.2. The Morgan fingerprint density at radius 3 is 2.39 bits per heavy atom. The largest absolute Gasteiger partial charge is 0.303 e. The molecule has 0 saturated carbocycles. The van der Waals surface area contributed by atoms with E-state index in [2.05, 4.69) is 0 Å². The molecule has 6 nitrogen and oxygen atoms in total. The van der Waals surface area contributed by atoms with Crippen molar-refractivity contribution in [2.75, 3.05) is 5.75 Å². The number of nitro benzene ring substituents is 1. The molecule has 0 fully saturated rings. The lowest BCUT2D eigenvalue weighted by atomic mass is 10.0. The molecular formula is C21H25NO5S. The van der Waals surface area contributed by atoms with Crippen LogP contribution in [0, 0.1) is 23.0 Å². The van der Waals surface area contributed by atoms with E-state index in [0.29, 0.717) is 18.3 Å². The molecule has 0 radical (unpaired) electrons. The van der Waals surface area contributed by atoms with Crippen molar-refractivity contribution in [3.8, 4) is 0 Å². The summed E-state index contributed by atoms with van der Waals surface area (Å²) in [6.07, 6.45) is 3.12. The molecule has 0 amide bonds. The Balaban J connectivity index is 2.42. The molecule has 0 saturated heterocycles. The maximum absolute atomic E-state index is 13.0. The van der Waals surface area contributed by atoms with Gasteiger partial charge in [0.25, 0.3) is 5.69 Å². The van der Waals surface area contributed by atoms with Crippen LogP contribution in [0.2, 0.25) is 0 Å². The molecule has 0 spiro atoms. The van der Waals surface area contributed by atoms with Crippen LogP contribution in [0.15, 0.2) is 47.4 Å². The Hall–Kier alpha value is -2.54. The lowest BCUT2D eigenvalue weighted by molar-refractivity contribution is -0.385. The van der Waals surface area contributed by atoms with E-state index in [1.54, 1.807) is 0 Å². The molecule has 0 heterocycles. The zero-order valence-corrected chi connectivity index (χ0v) is 16.9. The van der Waals surface area contributed by atoms with E-state index in [1.807, 2.05) is 38.1 Å². The number of unbranched alkanes of at least 4 members (excludes halogenated alkanes) is 1. The number of rotatable bonds is 10. The molecule has 1 unspecified atom stereocenters. The summed E-state index contributed by atoms with van der Waals surface area (Å²) in [6, 6.07) is 11.4. The minimum Gasteiger partial charge on any atom is -0.303 e. The number of sulfone groups is 1. The summed E-state index contributed by atoms with van der Waals surface area (Å²) in [5.74, 6) is -0.859. The summed E-state index contributed by atoms with van der Waals surface area (Å²) in [5.41, 5.74) is 2.15. The fraction of sp³-hybridized carbons (Fsp3) is 0.381. The highest BCUT2D eigenvalue weighted by atomic mass is 32.2. The van der Waals surface area contributed by atoms with Gasteiger partial charge in [-0.25, -0.2) is 8.42 Å². The van der Waals surface area contributed by atoms with Gasteiger partial charge in [-0.2, -0.15) is 0 Å². The Morgan fingerprint density at radius 2 is 1.82 bits per heavy atom. The van der Waals surface area contributed by atoms with Gasteiger partial charge in [0.05, 0.1) is 15.6 Å². The van der Waals surface area contributed by atoms with E-state index in [1.165, 1.54) is 18.2 Å². The summed E-state index contributed by atoms with van der Waals surface area (Å²) >= 11 is 0. The van der Waals surface area contributed by atoms with Crippen LogP contribution in [-0.2, 0) is 21.1 Å². The number of nitrogens with zero attached hydrogens (tertiary/aromatic N) is 1. The van der Waals surface area contributed by atoms with Gasteiger partial charge in [0.2, 0.25) is 0 Å². The molecule has 0 aliphatic carbocycles. The van der Waals surface area contributed by atoms with Crippen LogP contribution >= 0.6 is 0 Å². The molecule has 0 aromatic heterocycles. The zero-order chi connectivity index (χ0) is 20.7. The van der Waals surface area contributed by atoms with Crippen LogP contribution in [0.1, 0.15) is 42.9 Å². The standard InChI is InChI=1S/C21H25NO5S/c1-3-4-5-18(14-23)15-28(26,27)21-11-10-20(22(24)25)13-19(21)12-17-8-6-16(2)7-9-17/h6-11,13-14,18H,3-5,12,15H2,1-2H3.